The monoisotopic (exact) mass is 352 g/mol. The number of nitrogens with one attached hydrogen (secondary N) is 2. The van der Waals surface area contributed by atoms with Gasteiger partial charge in [-0.1, -0.05) is 48.9 Å². The molecule has 1 aliphatic carbocycles. The Balaban J connectivity index is 1.82. The van der Waals surface area contributed by atoms with Crippen LogP contribution in [0.1, 0.15) is 40.9 Å². The molecular formula is C21H21ClN2O. The van der Waals surface area contributed by atoms with Crippen molar-refractivity contribution >= 4 is 28.3 Å². The fraction of sp³-hybridized carbons (Fsp3) is 0.286. The van der Waals surface area contributed by atoms with E-state index in [4.69, 9.17) is 11.6 Å². The molecule has 0 bridgehead atoms. The summed E-state index contributed by atoms with van der Waals surface area (Å²) in [5, 5.41) is 5.28. The summed E-state index contributed by atoms with van der Waals surface area (Å²) < 4.78 is 0. The molecule has 1 aromatic heterocycles. The molecule has 1 aliphatic rings. The first-order valence-electron chi connectivity index (χ1n) is 8.80. The number of benzene rings is 2. The number of likely N-dealkylation sites (N-methyl/N-ethyl adjacent to an activating group) is 1. The standard InChI is InChI=1S/C21H21ClN2O/c1-2-23-13-11-16-14-7-4-6-10-19(14)24-20(16)17(12-13)21(25)15-8-3-5-9-18(15)22/h3-10,13,17,23-24H,2,11-12H2,1H3. The van der Waals surface area contributed by atoms with E-state index in [0.29, 0.717) is 16.6 Å². The summed E-state index contributed by atoms with van der Waals surface area (Å²) in [5.74, 6) is -0.0962. The number of aromatic amines is 1. The van der Waals surface area contributed by atoms with Gasteiger partial charge in [0.05, 0.1) is 10.9 Å². The zero-order valence-electron chi connectivity index (χ0n) is 14.2. The van der Waals surface area contributed by atoms with Gasteiger partial charge in [0, 0.05) is 28.2 Å². The molecule has 0 saturated heterocycles. The van der Waals surface area contributed by atoms with Crippen molar-refractivity contribution in [2.45, 2.75) is 31.7 Å². The minimum atomic E-state index is -0.194. The van der Waals surface area contributed by atoms with Gasteiger partial charge in [-0.2, -0.15) is 0 Å². The highest BCUT2D eigenvalue weighted by molar-refractivity contribution is 6.34. The Bertz CT molecular complexity index is 931. The van der Waals surface area contributed by atoms with E-state index in [1.165, 1.54) is 10.9 Å². The second-order valence-electron chi connectivity index (χ2n) is 6.65. The molecule has 2 aromatic carbocycles. The van der Waals surface area contributed by atoms with Crippen LogP contribution >= 0.6 is 11.6 Å². The molecule has 0 fully saturated rings. The van der Waals surface area contributed by atoms with Gasteiger partial charge in [-0.3, -0.25) is 4.79 Å². The van der Waals surface area contributed by atoms with Crippen molar-refractivity contribution < 1.29 is 4.79 Å². The van der Waals surface area contributed by atoms with Crippen LogP contribution in [0.4, 0.5) is 0 Å². The normalized spacial score (nSPS) is 19.8. The van der Waals surface area contributed by atoms with Crippen LogP contribution in [0.2, 0.25) is 5.02 Å². The quantitative estimate of drug-likeness (QED) is 0.668. The van der Waals surface area contributed by atoms with Gasteiger partial charge in [0.25, 0.3) is 0 Å². The van der Waals surface area contributed by atoms with Crippen molar-refractivity contribution in [3.05, 3.63) is 70.4 Å². The van der Waals surface area contributed by atoms with Crippen LogP contribution < -0.4 is 5.32 Å². The number of aromatic nitrogens is 1. The van der Waals surface area contributed by atoms with Crippen molar-refractivity contribution in [3.8, 4) is 0 Å². The van der Waals surface area contributed by atoms with Crippen LogP contribution in [-0.4, -0.2) is 23.4 Å². The lowest BCUT2D eigenvalue weighted by atomic mass is 9.79. The Morgan fingerprint density at radius 2 is 1.96 bits per heavy atom. The molecular weight excluding hydrogens is 332 g/mol. The summed E-state index contributed by atoms with van der Waals surface area (Å²) in [6.07, 6.45) is 1.73. The summed E-state index contributed by atoms with van der Waals surface area (Å²) in [6, 6.07) is 15.9. The Hall–Kier alpha value is -2.10. The molecule has 2 unspecified atom stereocenters. The molecule has 4 heteroatoms. The average Bonchev–Trinajstić information content (AvgIpc) is 3.00. The van der Waals surface area contributed by atoms with E-state index in [1.807, 2.05) is 24.3 Å². The molecule has 25 heavy (non-hydrogen) atoms. The number of H-pyrrole nitrogens is 1. The van der Waals surface area contributed by atoms with Crippen LogP contribution in [0.3, 0.4) is 0 Å². The SMILES string of the molecule is CCNC1Cc2c([nH]c3ccccc23)C(C(=O)c2ccccc2Cl)C1. The molecule has 4 rings (SSSR count). The lowest BCUT2D eigenvalue weighted by Crippen LogP contribution is -2.37. The maximum Gasteiger partial charge on any atom is 0.173 e. The summed E-state index contributed by atoms with van der Waals surface area (Å²) in [7, 11) is 0. The van der Waals surface area contributed by atoms with Crippen molar-refractivity contribution in [1.82, 2.24) is 10.3 Å². The Morgan fingerprint density at radius 1 is 1.20 bits per heavy atom. The minimum absolute atomic E-state index is 0.0982. The average molecular weight is 353 g/mol. The molecule has 0 amide bonds. The van der Waals surface area contributed by atoms with Gasteiger partial charge >= 0.3 is 0 Å². The summed E-state index contributed by atoms with van der Waals surface area (Å²) in [6.45, 7) is 3.00. The first kappa shape index (κ1) is 16.4. The van der Waals surface area contributed by atoms with Crippen LogP contribution in [0.15, 0.2) is 48.5 Å². The van der Waals surface area contributed by atoms with Gasteiger partial charge in [-0.25, -0.2) is 0 Å². The van der Waals surface area contributed by atoms with Crippen LogP contribution in [0.5, 0.6) is 0 Å². The van der Waals surface area contributed by atoms with Gasteiger partial charge in [0.2, 0.25) is 0 Å². The highest BCUT2D eigenvalue weighted by Gasteiger charge is 2.35. The van der Waals surface area contributed by atoms with Crippen molar-refractivity contribution in [2.75, 3.05) is 6.54 Å². The zero-order valence-corrected chi connectivity index (χ0v) is 14.9. The number of para-hydroxylation sites is 1. The Morgan fingerprint density at radius 3 is 2.76 bits per heavy atom. The van der Waals surface area contributed by atoms with Crippen LogP contribution in [0.25, 0.3) is 10.9 Å². The molecule has 128 valence electrons. The zero-order chi connectivity index (χ0) is 17.4. The van der Waals surface area contributed by atoms with E-state index in [9.17, 15) is 4.79 Å². The van der Waals surface area contributed by atoms with E-state index in [-0.39, 0.29) is 11.7 Å². The molecule has 0 saturated carbocycles. The third-order valence-electron chi connectivity index (χ3n) is 5.11. The summed E-state index contributed by atoms with van der Waals surface area (Å²) in [4.78, 5) is 16.8. The topological polar surface area (TPSA) is 44.9 Å². The van der Waals surface area contributed by atoms with Crippen molar-refractivity contribution in [3.63, 3.8) is 0 Å². The maximum absolute atomic E-state index is 13.3. The van der Waals surface area contributed by atoms with Crippen LogP contribution in [-0.2, 0) is 6.42 Å². The maximum atomic E-state index is 13.3. The predicted octanol–water partition coefficient (Wildman–Crippen LogP) is 4.71. The largest absolute Gasteiger partial charge is 0.358 e. The van der Waals surface area contributed by atoms with Gasteiger partial charge < -0.3 is 10.3 Å². The number of hydrogen-bond acceptors (Lipinski definition) is 2. The van der Waals surface area contributed by atoms with Gasteiger partial charge in [-0.15, -0.1) is 0 Å². The van der Waals surface area contributed by atoms with Gasteiger partial charge in [0.15, 0.2) is 5.78 Å². The molecule has 1 heterocycles. The molecule has 0 aliphatic heterocycles. The van der Waals surface area contributed by atoms with E-state index in [0.717, 1.165) is 30.6 Å². The van der Waals surface area contributed by atoms with Crippen molar-refractivity contribution in [2.24, 2.45) is 0 Å². The number of halogens is 1. The third-order valence-corrected chi connectivity index (χ3v) is 5.44. The fourth-order valence-electron chi connectivity index (χ4n) is 4.00. The fourth-order valence-corrected chi connectivity index (χ4v) is 4.23. The number of hydrogen-bond donors (Lipinski definition) is 2. The van der Waals surface area contributed by atoms with E-state index in [2.05, 4.69) is 35.4 Å². The van der Waals surface area contributed by atoms with Crippen molar-refractivity contribution in [1.29, 1.82) is 0 Å². The molecule has 3 nitrogen and oxygen atoms in total. The second-order valence-corrected chi connectivity index (χ2v) is 7.06. The van der Waals surface area contributed by atoms with E-state index in [1.54, 1.807) is 6.07 Å². The molecule has 3 aromatic rings. The number of Topliss-reactive ketones (excluding diaryl/α,β-unsaturated/α-hetero) is 1. The highest BCUT2D eigenvalue weighted by Crippen LogP contribution is 2.38. The summed E-state index contributed by atoms with van der Waals surface area (Å²) >= 11 is 6.30. The lowest BCUT2D eigenvalue weighted by Gasteiger charge is -2.29. The van der Waals surface area contributed by atoms with Gasteiger partial charge in [-0.05, 0) is 43.1 Å². The molecule has 2 atom stereocenters. The van der Waals surface area contributed by atoms with Gasteiger partial charge in [0.1, 0.15) is 0 Å². The lowest BCUT2D eigenvalue weighted by molar-refractivity contribution is 0.0943. The van der Waals surface area contributed by atoms with E-state index >= 15 is 0 Å². The second kappa shape index (κ2) is 6.66. The van der Waals surface area contributed by atoms with E-state index < -0.39 is 0 Å². The first-order chi connectivity index (χ1) is 12.2. The smallest absolute Gasteiger partial charge is 0.173 e. The highest BCUT2D eigenvalue weighted by atomic mass is 35.5. The predicted molar refractivity (Wildman–Crippen MR) is 103 cm³/mol. The van der Waals surface area contributed by atoms with Crippen LogP contribution in [0, 0.1) is 0 Å². The number of ketones is 1. The Labute approximate surface area is 152 Å². The molecule has 0 spiro atoms. The number of carbonyl (C=O) groups is 1. The summed E-state index contributed by atoms with van der Waals surface area (Å²) in [5.41, 5.74) is 4.02. The Kier molecular flexibility index (Phi) is 4.36. The first-order valence-corrected chi connectivity index (χ1v) is 9.18. The third kappa shape index (κ3) is 2.88. The molecule has 0 radical (unpaired) electrons. The number of rotatable bonds is 4. The molecule has 2 N–H and O–H groups in total. The number of fused-ring (bicyclic) bond motifs is 3. The minimum Gasteiger partial charge on any atom is -0.358 e. The number of carbonyl (C=O) groups excluding carboxylic acids is 1.